The summed E-state index contributed by atoms with van der Waals surface area (Å²) in [6, 6.07) is 0. The Balaban J connectivity index is 1.96. The van der Waals surface area contributed by atoms with Gasteiger partial charge in [0, 0.05) is 30.8 Å². The molecule has 0 spiro atoms. The fraction of sp³-hybridized carbons (Fsp3) is 0.714. The number of amides is 1. The largest absolute Gasteiger partial charge is 0.351 e. The molecule has 19 heavy (non-hydrogen) atoms. The number of hydrogen-bond donors (Lipinski definition) is 2. The molecule has 0 atom stereocenters. The van der Waals surface area contributed by atoms with E-state index in [2.05, 4.69) is 29.6 Å². The Morgan fingerprint density at radius 2 is 2.21 bits per heavy atom. The highest BCUT2D eigenvalue weighted by Gasteiger charge is 2.34. The Morgan fingerprint density at radius 3 is 2.84 bits per heavy atom. The van der Waals surface area contributed by atoms with Crippen molar-refractivity contribution in [2.45, 2.75) is 39.7 Å². The average Bonchev–Trinajstić information content (AvgIpc) is 2.77. The summed E-state index contributed by atoms with van der Waals surface area (Å²) >= 11 is 0. The molecule has 1 fully saturated rings. The van der Waals surface area contributed by atoms with Gasteiger partial charge in [-0.1, -0.05) is 13.8 Å². The van der Waals surface area contributed by atoms with Crippen molar-refractivity contribution in [1.29, 1.82) is 0 Å². The van der Waals surface area contributed by atoms with Gasteiger partial charge < -0.3 is 10.6 Å². The van der Waals surface area contributed by atoms with Crippen molar-refractivity contribution in [3.05, 3.63) is 17.5 Å². The highest BCUT2D eigenvalue weighted by Crippen LogP contribution is 2.28. The predicted molar refractivity (Wildman–Crippen MR) is 74.6 cm³/mol. The molecule has 2 N–H and O–H groups in total. The molecule has 2 heterocycles. The first-order valence-electron chi connectivity index (χ1n) is 7.05. The molecule has 0 bridgehead atoms. The molecule has 0 unspecified atom stereocenters. The molecular weight excluding hydrogens is 240 g/mol. The van der Waals surface area contributed by atoms with Gasteiger partial charge in [0.1, 0.15) is 0 Å². The van der Waals surface area contributed by atoms with Crippen LogP contribution in [0.3, 0.4) is 0 Å². The Morgan fingerprint density at radius 1 is 1.53 bits per heavy atom. The van der Waals surface area contributed by atoms with E-state index in [0.717, 1.165) is 43.6 Å². The van der Waals surface area contributed by atoms with E-state index in [1.807, 2.05) is 17.9 Å². The van der Waals surface area contributed by atoms with Gasteiger partial charge in [-0.15, -0.1) is 0 Å². The van der Waals surface area contributed by atoms with Crippen molar-refractivity contribution in [2.24, 2.45) is 12.5 Å². The summed E-state index contributed by atoms with van der Waals surface area (Å²) < 4.78 is 1.81. The molecule has 5 heteroatoms. The van der Waals surface area contributed by atoms with Crippen LogP contribution in [0.5, 0.6) is 0 Å². The van der Waals surface area contributed by atoms with Gasteiger partial charge >= 0.3 is 0 Å². The molecule has 1 saturated heterocycles. The maximum Gasteiger partial charge on any atom is 0.226 e. The van der Waals surface area contributed by atoms with E-state index in [4.69, 9.17) is 0 Å². The second-order valence-corrected chi connectivity index (χ2v) is 5.62. The first-order valence-corrected chi connectivity index (χ1v) is 7.05. The van der Waals surface area contributed by atoms with E-state index in [0.29, 0.717) is 6.54 Å². The zero-order chi connectivity index (χ0) is 13.9. The zero-order valence-electron chi connectivity index (χ0n) is 12.1. The van der Waals surface area contributed by atoms with Crippen LogP contribution in [0.4, 0.5) is 0 Å². The van der Waals surface area contributed by atoms with Gasteiger partial charge in [-0.2, -0.15) is 5.10 Å². The second kappa shape index (κ2) is 5.74. The maximum atomic E-state index is 12.3. The van der Waals surface area contributed by atoms with Crippen molar-refractivity contribution in [3.63, 3.8) is 0 Å². The van der Waals surface area contributed by atoms with E-state index in [1.54, 1.807) is 0 Å². The van der Waals surface area contributed by atoms with E-state index in [-0.39, 0.29) is 11.3 Å². The lowest BCUT2D eigenvalue weighted by Gasteiger charge is -2.32. The van der Waals surface area contributed by atoms with E-state index >= 15 is 0 Å². The lowest BCUT2D eigenvalue weighted by molar-refractivity contribution is -0.131. The van der Waals surface area contributed by atoms with Crippen molar-refractivity contribution in [2.75, 3.05) is 13.1 Å². The molecule has 2 rings (SSSR count). The number of piperidine rings is 1. The van der Waals surface area contributed by atoms with Gasteiger partial charge in [0.15, 0.2) is 0 Å². The van der Waals surface area contributed by atoms with Crippen LogP contribution in [0.25, 0.3) is 0 Å². The number of aryl methyl sites for hydroxylation is 2. The van der Waals surface area contributed by atoms with Crippen LogP contribution in [0.1, 0.15) is 37.9 Å². The van der Waals surface area contributed by atoms with Crippen molar-refractivity contribution < 1.29 is 4.79 Å². The number of carbonyl (C=O) groups excluding carboxylic acids is 1. The van der Waals surface area contributed by atoms with Gasteiger partial charge in [-0.3, -0.25) is 9.48 Å². The number of carbonyl (C=O) groups is 1. The van der Waals surface area contributed by atoms with Crippen LogP contribution >= 0.6 is 0 Å². The normalized spacial score (nSPS) is 18.3. The first-order chi connectivity index (χ1) is 9.05. The third-order valence-electron chi connectivity index (χ3n) is 4.02. The van der Waals surface area contributed by atoms with E-state index in [1.165, 1.54) is 0 Å². The quantitative estimate of drug-likeness (QED) is 0.852. The standard InChI is InChI=1S/C14H24N4O/c1-4-12-11(10-18(3)17-12)9-16-13(19)14(2)5-7-15-8-6-14/h10,15H,4-9H2,1-3H3,(H,16,19). The minimum Gasteiger partial charge on any atom is -0.351 e. The van der Waals surface area contributed by atoms with Gasteiger partial charge in [0.2, 0.25) is 5.91 Å². The molecule has 0 saturated carbocycles. The molecule has 0 aliphatic carbocycles. The van der Waals surface area contributed by atoms with Gasteiger partial charge in [0.05, 0.1) is 5.69 Å². The number of aromatic nitrogens is 2. The molecule has 0 radical (unpaired) electrons. The fourth-order valence-corrected chi connectivity index (χ4v) is 2.62. The van der Waals surface area contributed by atoms with Crippen LogP contribution in [-0.4, -0.2) is 28.8 Å². The highest BCUT2D eigenvalue weighted by atomic mass is 16.2. The van der Waals surface area contributed by atoms with E-state index in [9.17, 15) is 4.79 Å². The Kier molecular flexibility index (Phi) is 4.24. The lowest BCUT2D eigenvalue weighted by Crippen LogP contribution is -2.45. The minimum atomic E-state index is -0.222. The van der Waals surface area contributed by atoms with Crippen LogP contribution in [0.15, 0.2) is 6.20 Å². The number of nitrogens with zero attached hydrogens (tertiary/aromatic N) is 2. The molecule has 1 amide bonds. The zero-order valence-corrected chi connectivity index (χ0v) is 12.1. The summed E-state index contributed by atoms with van der Waals surface area (Å²) in [5.41, 5.74) is 1.97. The maximum absolute atomic E-state index is 12.3. The number of rotatable bonds is 4. The van der Waals surface area contributed by atoms with Crippen molar-refractivity contribution >= 4 is 5.91 Å². The van der Waals surface area contributed by atoms with Crippen LogP contribution < -0.4 is 10.6 Å². The monoisotopic (exact) mass is 264 g/mol. The van der Waals surface area contributed by atoms with E-state index < -0.39 is 0 Å². The SMILES string of the molecule is CCc1nn(C)cc1CNC(=O)C1(C)CCNCC1. The highest BCUT2D eigenvalue weighted by molar-refractivity contribution is 5.82. The summed E-state index contributed by atoms with van der Waals surface area (Å²) in [5.74, 6) is 0.167. The fourth-order valence-electron chi connectivity index (χ4n) is 2.62. The second-order valence-electron chi connectivity index (χ2n) is 5.62. The lowest BCUT2D eigenvalue weighted by atomic mass is 9.80. The summed E-state index contributed by atoms with van der Waals surface area (Å²) in [5, 5.41) is 10.8. The summed E-state index contributed by atoms with van der Waals surface area (Å²) in [7, 11) is 1.92. The molecule has 1 aliphatic rings. The summed E-state index contributed by atoms with van der Waals surface area (Å²) in [6.45, 7) is 6.59. The third kappa shape index (κ3) is 3.15. The number of nitrogens with one attached hydrogen (secondary N) is 2. The number of hydrogen-bond acceptors (Lipinski definition) is 3. The predicted octanol–water partition coefficient (Wildman–Crippen LogP) is 0.988. The molecule has 5 nitrogen and oxygen atoms in total. The Bertz CT molecular complexity index is 446. The molecule has 0 aromatic carbocycles. The molecular formula is C14H24N4O. The topological polar surface area (TPSA) is 59.0 Å². The summed E-state index contributed by atoms with van der Waals surface area (Å²) in [4.78, 5) is 12.3. The van der Waals surface area contributed by atoms with Gasteiger partial charge in [0.25, 0.3) is 0 Å². The molecule has 1 aromatic rings. The molecule has 1 aliphatic heterocycles. The third-order valence-corrected chi connectivity index (χ3v) is 4.02. The Hall–Kier alpha value is -1.36. The summed E-state index contributed by atoms with van der Waals surface area (Å²) in [6.07, 6.45) is 4.70. The van der Waals surface area contributed by atoms with Crippen molar-refractivity contribution in [1.82, 2.24) is 20.4 Å². The average molecular weight is 264 g/mol. The smallest absolute Gasteiger partial charge is 0.226 e. The van der Waals surface area contributed by atoms with Gasteiger partial charge in [-0.25, -0.2) is 0 Å². The molecule has 1 aromatic heterocycles. The first kappa shape index (κ1) is 14.1. The molecule has 106 valence electrons. The van der Waals surface area contributed by atoms with Crippen LogP contribution in [0.2, 0.25) is 0 Å². The minimum absolute atomic E-state index is 0.167. The van der Waals surface area contributed by atoms with Crippen molar-refractivity contribution in [3.8, 4) is 0 Å². The van der Waals surface area contributed by atoms with Gasteiger partial charge in [-0.05, 0) is 32.4 Å². The van der Waals surface area contributed by atoms with Crippen LogP contribution in [0, 0.1) is 5.41 Å². The van der Waals surface area contributed by atoms with Crippen LogP contribution in [-0.2, 0) is 24.8 Å². The Labute approximate surface area is 114 Å².